The Morgan fingerprint density at radius 1 is 1.25 bits per heavy atom. The van der Waals surface area contributed by atoms with Crippen LogP contribution in [-0.2, 0) is 9.53 Å². The molecule has 2 bridgehead atoms. The molecule has 2 fully saturated rings. The van der Waals surface area contributed by atoms with Gasteiger partial charge >= 0.3 is 5.97 Å². The number of fused-ring (bicyclic) bond motifs is 2. The van der Waals surface area contributed by atoms with Crippen molar-refractivity contribution >= 4 is 5.97 Å². The highest BCUT2D eigenvalue weighted by atomic mass is 16.5. The Labute approximate surface area is 124 Å². The predicted octanol–water partition coefficient (Wildman–Crippen LogP) is 4.74. The number of hydrogen-bond donors (Lipinski definition) is 0. The van der Waals surface area contributed by atoms with Gasteiger partial charge in [-0.2, -0.15) is 0 Å². The average Bonchev–Trinajstić information content (AvgIpc) is 2.43. The van der Waals surface area contributed by atoms with Gasteiger partial charge in [0.15, 0.2) is 0 Å². The summed E-state index contributed by atoms with van der Waals surface area (Å²) in [4.78, 5) is 11.9. The van der Waals surface area contributed by atoms with Crippen molar-refractivity contribution in [3.8, 4) is 0 Å². The maximum Gasteiger partial charge on any atom is 0.333 e. The molecule has 0 aromatic carbocycles. The topological polar surface area (TPSA) is 26.3 Å². The lowest BCUT2D eigenvalue weighted by molar-refractivity contribution is -0.152. The molecule has 2 aliphatic rings. The first kappa shape index (κ1) is 15.6. The number of hydrogen-bond acceptors (Lipinski definition) is 2. The molecule has 2 rings (SSSR count). The maximum atomic E-state index is 11.9. The fourth-order valence-corrected chi connectivity index (χ4v) is 4.18. The van der Waals surface area contributed by atoms with Crippen LogP contribution in [0.2, 0.25) is 0 Å². The second kappa shape index (κ2) is 6.78. The third-order valence-electron chi connectivity index (χ3n) is 5.42. The number of esters is 1. The molecule has 20 heavy (non-hydrogen) atoms. The van der Waals surface area contributed by atoms with Crippen molar-refractivity contribution in [3.63, 3.8) is 0 Å². The molecule has 0 saturated heterocycles. The summed E-state index contributed by atoms with van der Waals surface area (Å²) in [5.74, 6) is 2.57. The van der Waals surface area contributed by atoms with Gasteiger partial charge in [-0.3, -0.25) is 0 Å². The number of carbonyl (C=O) groups is 1. The molecule has 0 radical (unpaired) electrons. The summed E-state index contributed by atoms with van der Waals surface area (Å²) < 4.78 is 5.83. The van der Waals surface area contributed by atoms with Gasteiger partial charge in [0.25, 0.3) is 0 Å². The van der Waals surface area contributed by atoms with Gasteiger partial charge in [0.2, 0.25) is 0 Å². The Hall–Kier alpha value is -0.790. The molecule has 0 N–H and O–H groups in total. The zero-order valence-corrected chi connectivity index (χ0v) is 13.4. The molecule has 0 aliphatic heterocycles. The van der Waals surface area contributed by atoms with Gasteiger partial charge in [-0.05, 0) is 49.9 Å². The van der Waals surface area contributed by atoms with Gasteiger partial charge in [-0.1, -0.05) is 46.1 Å². The molecule has 0 heterocycles. The molecule has 114 valence electrons. The van der Waals surface area contributed by atoms with Crippen LogP contribution in [0.15, 0.2) is 12.2 Å². The molecule has 0 spiro atoms. The summed E-state index contributed by atoms with van der Waals surface area (Å²) in [7, 11) is 0. The van der Waals surface area contributed by atoms with Gasteiger partial charge in [-0.15, -0.1) is 0 Å². The van der Waals surface area contributed by atoms with Gasteiger partial charge in [0.05, 0.1) is 0 Å². The van der Waals surface area contributed by atoms with Crippen LogP contribution in [0.25, 0.3) is 0 Å². The van der Waals surface area contributed by atoms with Crippen molar-refractivity contribution in [2.75, 3.05) is 0 Å². The first-order valence-corrected chi connectivity index (χ1v) is 8.37. The highest BCUT2D eigenvalue weighted by molar-refractivity contribution is 5.87. The van der Waals surface area contributed by atoms with Crippen LogP contribution >= 0.6 is 0 Å². The van der Waals surface area contributed by atoms with E-state index in [-0.39, 0.29) is 12.1 Å². The Kier molecular flexibility index (Phi) is 5.29. The Morgan fingerprint density at radius 2 is 1.85 bits per heavy atom. The van der Waals surface area contributed by atoms with E-state index in [4.69, 9.17) is 4.74 Å². The van der Waals surface area contributed by atoms with E-state index in [1.165, 1.54) is 38.5 Å². The highest BCUT2D eigenvalue weighted by Gasteiger charge is 2.38. The summed E-state index contributed by atoms with van der Waals surface area (Å²) in [5.41, 5.74) is 0.523. The monoisotopic (exact) mass is 278 g/mol. The molecule has 2 saturated carbocycles. The Bertz CT molecular complexity index is 348. The lowest BCUT2D eigenvalue weighted by atomic mass is 9.65. The highest BCUT2D eigenvalue weighted by Crippen LogP contribution is 2.45. The third-order valence-corrected chi connectivity index (χ3v) is 5.42. The largest absolute Gasteiger partial charge is 0.458 e. The van der Waals surface area contributed by atoms with E-state index < -0.39 is 0 Å². The van der Waals surface area contributed by atoms with E-state index in [9.17, 15) is 4.79 Å². The molecule has 2 heteroatoms. The van der Waals surface area contributed by atoms with Crippen LogP contribution in [0.4, 0.5) is 0 Å². The van der Waals surface area contributed by atoms with Crippen molar-refractivity contribution in [2.45, 2.75) is 71.8 Å². The fraction of sp³-hybridized carbons (Fsp3) is 0.833. The molecule has 0 aromatic rings. The molecule has 0 amide bonds. The standard InChI is InChI=1S/C18H30O2/c1-5-13(4)17(20-18(19)12(2)3)16-10-14-7-6-8-15(9-14)11-16/h13-17H,2,5-11H2,1,3-4H3. The molecule has 0 aromatic heterocycles. The van der Waals surface area contributed by atoms with Crippen LogP contribution in [0.3, 0.4) is 0 Å². The zero-order valence-electron chi connectivity index (χ0n) is 13.4. The summed E-state index contributed by atoms with van der Waals surface area (Å²) in [6.45, 7) is 9.88. The normalized spacial score (nSPS) is 32.2. The summed E-state index contributed by atoms with van der Waals surface area (Å²) in [6, 6.07) is 0. The minimum absolute atomic E-state index is 0.0904. The molecule has 4 unspecified atom stereocenters. The van der Waals surface area contributed by atoms with Gasteiger partial charge in [0, 0.05) is 5.57 Å². The molecule has 4 atom stereocenters. The quantitative estimate of drug-likeness (QED) is 0.536. The van der Waals surface area contributed by atoms with E-state index in [1.54, 1.807) is 6.92 Å². The van der Waals surface area contributed by atoms with E-state index >= 15 is 0 Å². The third kappa shape index (κ3) is 3.65. The van der Waals surface area contributed by atoms with Crippen molar-refractivity contribution in [3.05, 3.63) is 12.2 Å². The van der Waals surface area contributed by atoms with E-state index in [2.05, 4.69) is 20.4 Å². The minimum atomic E-state index is -0.203. The van der Waals surface area contributed by atoms with E-state index in [1.807, 2.05) is 0 Å². The van der Waals surface area contributed by atoms with Crippen molar-refractivity contribution < 1.29 is 9.53 Å². The van der Waals surface area contributed by atoms with Crippen LogP contribution in [-0.4, -0.2) is 12.1 Å². The van der Waals surface area contributed by atoms with Gasteiger partial charge in [-0.25, -0.2) is 4.79 Å². The lowest BCUT2D eigenvalue weighted by Gasteiger charge is -2.43. The van der Waals surface area contributed by atoms with Crippen molar-refractivity contribution in [1.29, 1.82) is 0 Å². The number of rotatable bonds is 5. The van der Waals surface area contributed by atoms with Crippen molar-refractivity contribution in [1.82, 2.24) is 0 Å². The van der Waals surface area contributed by atoms with Crippen LogP contribution < -0.4 is 0 Å². The summed E-state index contributed by atoms with van der Waals surface area (Å²) in [5, 5.41) is 0. The maximum absolute atomic E-state index is 11.9. The summed E-state index contributed by atoms with van der Waals surface area (Å²) >= 11 is 0. The van der Waals surface area contributed by atoms with Gasteiger partial charge < -0.3 is 4.74 Å². The van der Waals surface area contributed by atoms with Crippen LogP contribution in [0.5, 0.6) is 0 Å². The van der Waals surface area contributed by atoms with Crippen LogP contribution in [0, 0.1) is 23.7 Å². The first-order chi connectivity index (χ1) is 9.51. The number of carbonyl (C=O) groups excluding carboxylic acids is 1. The average molecular weight is 278 g/mol. The Balaban J connectivity index is 2.06. The van der Waals surface area contributed by atoms with Crippen LogP contribution in [0.1, 0.15) is 65.7 Å². The Morgan fingerprint density at radius 3 is 2.35 bits per heavy atom. The SMILES string of the molecule is C=C(C)C(=O)OC(C(C)CC)C1CC2CCCC(C2)C1. The molecule has 2 aliphatic carbocycles. The second-order valence-electron chi connectivity index (χ2n) is 7.17. The van der Waals surface area contributed by atoms with E-state index in [0.29, 0.717) is 17.4 Å². The lowest BCUT2D eigenvalue weighted by Crippen LogP contribution is -2.39. The van der Waals surface area contributed by atoms with Gasteiger partial charge in [0.1, 0.15) is 6.10 Å². The summed E-state index contributed by atoms with van der Waals surface area (Å²) in [6.07, 6.45) is 9.26. The second-order valence-corrected chi connectivity index (χ2v) is 7.17. The number of ether oxygens (including phenoxy) is 1. The molecular weight excluding hydrogens is 248 g/mol. The smallest absolute Gasteiger partial charge is 0.333 e. The van der Waals surface area contributed by atoms with Crippen molar-refractivity contribution in [2.24, 2.45) is 23.7 Å². The molecule has 2 nitrogen and oxygen atoms in total. The predicted molar refractivity (Wildman–Crippen MR) is 82.3 cm³/mol. The fourth-order valence-electron chi connectivity index (χ4n) is 4.18. The van der Waals surface area contributed by atoms with E-state index in [0.717, 1.165) is 18.3 Å². The minimum Gasteiger partial charge on any atom is -0.458 e. The zero-order chi connectivity index (χ0) is 14.7. The first-order valence-electron chi connectivity index (χ1n) is 8.37. The molecular formula is C18H30O2.